The van der Waals surface area contributed by atoms with E-state index in [4.69, 9.17) is 5.11 Å². The lowest BCUT2D eigenvalue weighted by Gasteiger charge is -2.33. The summed E-state index contributed by atoms with van der Waals surface area (Å²) < 4.78 is 25.1. The number of aliphatic hydroxyl groups is 1. The zero-order chi connectivity index (χ0) is 7.78. The van der Waals surface area contributed by atoms with Crippen molar-refractivity contribution in [2.24, 2.45) is 0 Å². The Bertz CT molecular complexity index is 134. The Balaban J connectivity index is 0.000001000. The number of alkyl halides is 2. The highest BCUT2D eigenvalue weighted by Crippen LogP contribution is 2.25. The molecule has 5 heteroatoms. The molecule has 0 amide bonds. The Morgan fingerprint density at radius 2 is 2.09 bits per heavy atom. The third kappa shape index (κ3) is 2.54. The largest absolute Gasteiger partial charge is 0.387 e. The maximum Gasteiger partial charge on any atom is 0.285 e. The van der Waals surface area contributed by atoms with Crippen molar-refractivity contribution in [3.8, 4) is 0 Å². The summed E-state index contributed by atoms with van der Waals surface area (Å²) in [6, 6.07) is 0. The van der Waals surface area contributed by atoms with E-state index in [1.807, 2.05) is 0 Å². The monoisotopic (exact) mass is 187 g/mol. The van der Waals surface area contributed by atoms with Gasteiger partial charge < -0.3 is 10.0 Å². The van der Waals surface area contributed by atoms with Crippen molar-refractivity contribution < 1.29 is 13.9 Å². The standard InChI is InChI=1S/C6H11F2NO.ClH/c1-9-3-2-5(10)6(7,8)4-9;/h5,10H,2-4H2,1H3;1H. The van der Waals surface area contributed by atoms with Gasteiger partial charge in [0, 0.05) is 6.54 Å². The second-order valence-electron chi connectivity index (χ2n) is 2.80. The quantitative estimate of drug-likeness (QED) is 0.605. The third-order valence-electron chi connectivity index (χ3n) is 1.75. The van der Waals surface area contributed by atoms with Gasteiger partial charge in [-0.2, -0.15) is 0 Å². The summed E-state index contributed by atoms with van der Waals surface area (Å²) in [6.45, 7) is 0.227. The average Bonchev–Trinajstić information content (AvgIpc) is 1.78. The Labute approximate surface area is 70.6 Å². The molecule has 11 heavy (non-hydrogen) atoms. The van der Waals surface area contributed by atoms with Gasteiger partial charge in [-0.3, -0.25) is 0 Å². The first kappa shape index (κ1) is 11.1. The highest BCUT2D eigenvalue weighted by atomic mass is 35.5. The molecule has 1 aliphatic heterocycles. The molecule has 0 aliphatic carbocycles. The molecular formula is C6H12ClF2NO. The molecule has 68 valence electrons. The fourth-order valence-corrected chi connectivity index (χ4v) is 1.10. The van der Waals surface area contributed by atoms with E-state index < -0.39 is 12.0 Å². The summed E-state index contributed by atoms with van der Waals surface area (Å²) >= 11 is 0. The molecule has 1 atom stereocenters. The summed E-state index contributed by atoms with van der Waals surface area (Å²) in [6.07, 6.45) is -1.27. The summed E-state index contributed by atoms with van der Waals surface area (Å²) in [4.78, 5) is 1.52. The highest BCUT2D eigenvalue weighted by molar-refractivity contribution is 5.85. The van der Waals surface area contributed by atoms with Crippen LogP contribution in [0.3, 0.4) is 0 Å². The first-order valence-electron chi connectivity index (χ1n) is 3.27. The molecule has 0 saturated carbocycles. The number of aliphatic hydroxyl groups excluding tert-OH is 1. The molecule has 1 heterocycles. The second-order valence-corrected chi connectivity index (χ2v) is 2.80. The molecule has 1 fully saturated rings. The highest BCUT2D eigenvalue weighted by Gasteiger charge is 2.42. The van der Waals surface area contributed by atoms with Crippen molar-refractivity contribution in [1.82, 2.24) is 4.90 Å². The average molecular weight is 188 g/mol. The summed E-state index contributed by atoms with van der Waals surface area (Å²) in [7, 11) is 1.62. The molecule has 2 nitrogen and oxygen atoms in total. The maximum atomic E-state index is 12.6. The van der Waals surface area contributed by atoms with Gasteiger partial charge in [0.05, 0.1) is 6.54 Å². The molecule has 0 radical (unpaired) electrons. The molecule has 1 unspecified atom stereocenters. The van der Waals surface area contributed by atoms with Crippen LogP contribution in [0.15, 0.2) is 0 Å². The predicted octanol–water partition coefficient (Wildman–Crippen LogP) is 0.740. The fourth-order valence-electron chi connectivity index (χ4n) is 1.10. The normalized spacial score (nSPS) is 31.1. The Morgan fingerprint density at radius 3 is 2.45 bits per heavy atom. The van der Waals surface area contributed by atoms with Gasteiger partial charge in [0.2, 0.25) is 0 Å². The van der Waals surface area contributed by atoms with Crippen molar-refractivity contribution in [3.05, 3.63) is 0 Å². The van der Waals surface area contributed by atoms with E-state index in [-0.39, 0.29) is 25.4 Å². The minimum Gasteiger partial charge on any atom is -0.387 e. The van der Waals surface area contributed by atoms with Crippen LogP contribution < -0.4 is 0 Å². The van der Waals surface area contributed by atoms with Gasteiger partial charge in [0.25, 0.3) is 5.92 Å². The third-order valence-corrected chi connectivity index (χ3v) is 1.75. The first-order chi connectivity index (χ1) is 4.52. The molecule has 0 aromatic heterocycles. The summed E-state index contributed by atoms with van der Waals surface area (Å²) in [5.74, 6) is -2.91. The lowest BCUT2D eigenvalue weighted by atomic mass is 10.1. The zero-order valence-corrected chi connectivity index (χ0v) is 7.07. The minimum absolute atomic E-state index is 0. The minimum atomic E-state index is -2.91. The number of nitrogens with zero attached hydrogens (tertiary/aromatic N) is 1. The SMILES string of the molecule is CN1CCC(O)C(F)(F)C1.Cl. The van der Waals surface area contributed by atoms with Gasteiger partial charge in [0.15, 0.2) is 0 Å². The zero-order valence-electron chi connectivity index (χ0n) is 6.26. The lowest BCUT2D eigenvalue weighted by Crippen LogP contribution is -2.49. The van der Waals surface area contributed by atoms with E-state index in [9.17, 15) is 8.78 Å². The van der Waals surface area contributed by atoms with Gasteiger partial charge in [-0.25, -0.2) is 8.78 Å². The van der Waals surface area contributed by atoms with Crippen molar-refractivity contribution in [1.29, 1.82) is 0 Å². The van der Waals surface area contributed by atoms with Crippen molar-refractivity contribution in [3.63, 3.8) is 0 Å². The molecule has 1 rings (SSSR count). The Morgan fingerprint density at radius 1 is 1.55 bits per heavy atom. The van der Waals surface area contributed by atoms with Gasteiger partial charge in [-0.05, 0) is 13.5 Å². The van der Waals surface area contributed by atoms with Crippen LogP contribution in [0.2, 0.25) is 0 Å². The lowest BCUT2D eigenvalue weighted by molar-refractivity contribution is -0.145. The van der Waals surface area contributed by atoms with Gasteiger partial charge in [0.1, 0.15) is 6.10 Å². The van der Waals surface area contributed by atoms with Crippen LogP contribution >= 0.6 is 12.4 Å². The van der Waals surface area contributed by atoms with Crippen molar-refractivity contribution in [2.75, 3.05) is 20.1 Å². The Hall–Kier alpha value is 0.0700. The molecule has 0 aromatic carbocycles. The van der Waals surface area contributed by atoms with Crippen LogP contribution in [-0.2, 0) is 0 Å². The first-order valence-corrected chi connectivity index (χ1v) is 3.27. The maximum absolute atomic E-state index is 12.6. The fraction of sp³-hybridized carbons (Fsp3) is 1.00. The van der Waals surface area contributed by atoms with E-state index >= 15 is 0 Å². The smallest absolute Gasteiger partial charge is 0.285 e. The number of hydrogen-bond acceptors (Lipinski definition) is 2. The van der Waals surface area contributed by atoms with E-state index in [1.54, 1.807) is 7.05 Å². The van der Waals surface area contributed by atoms with Gasteiger partial charge in [-0.15, -0.1) is 12.4 Å². The molecule has 1 aliphatic rings. The van der Waals surface area contributed by atoms with Crippen LogP contribution in [-0.4, -0.2) is 42.2 Å². The summed E-state index contributed by atoms with van der Waals surface area (Å²) in [5.41, 5.74) is 0. The molecule has 1 N–H and O–H groups in total. The predicted molar refractivity (Wildman–Crippen MR) is 40.3 cm³/mol. The van der Waals surface area contributed by atoms with Gasteiger partial charge >= 0.3 is 0 Å². The van der Waals surface area contributed by atoms with Crippen LogP contribution in [0.4, 0.5) is 8.78 Å². The van der Waals surface area contributed by atoms with Crippen LogP contribution in [0.5, 0.6) is 0 Å². The number of likely N-dealkylation sites (tertiary alicyclic amines) is 1. The number of rotatable bonds is 0. The van der Waals surface area contributed by atoms with Crippen LogP contribution in [0, 0.1) is 0 Å². The van der Waals surface area contributed by atoms with E-state index in [1.165, 1.54) is 4.90 Å². The Kier molecular flexibility index (Phi) is 3.67. The van der Waals surface area contributed by atoms with E-state index in [0.717, 1.165) is 0 Å². The number of piperidine rings is 1. The number of hydrogen-bond donors (Lipinski definition) is 1. The number of halogens is 3. The second kappa shape index (κ2) is 3.65. The van der Waals surface area contributed by atoms with Crippen molar-refractivity contribution in [2.45, 2.75) is 18.4 Å². The molecule has 0 bridgehead atoms. The van der Waals surface area contributed by atoms with Gasteiger partial charge in [-0.1, -0.05) is 0 Å². The van der Waals surface area contributed by atoms with Crippen molar-refractivity contribution >= 4 is 12.4 Å². The van der Waals surface area contributed by atoms with E-state index in [2.05, 4.69) is 0 Å². The van der Waals surface area contributed by atoms with Crippen LogP contribution in [0.1, 0.15) is 6.42 Å². The molecular weight excluding hydrogens is 176 g/mol. The molecule has 0 spiro atoms. The molecule has 1 saturated heterocycles. The molecule has 0 aromatic rings. The van der Waals surface area contributed by atoms with Crippen LogP contribution in [0.25, 0.3) is 0 Å². The van der Waals surface area contributed by atoms with E-state index in [0.29, 0.717) is 6.54 Å². The topological polar surface area (TPSA) is 23.5 Å². The summed E-state index contributed by atoms with van der Waals surface area (Å²) in [5, 5.41) is 8.78.